The van der Waals surface area contributed by atoms with Gasteiger partial charge in [-0.05, 0) is 30.3 Å². The number of pyridine rings is 1. The molecule has 0 spiro atoms. The van der Waals surface area contributed by atoms with Crippen LogP contribution in [0.2, 0.25) is 0 Å². The van der Waals surface area contributed by atoms with Crippen LogP contribution in [0.25, 0.3) is 0 Å². The molecule has 6 nitrogen and oxygen atoms in total. The minimum atomic E-state index is -4.40. The van der Waals surface area contributed by atoms with Crippen LogP contribution in [-0.2, 0) is 24.4 Å². The van der Waals surface area contributed by atoms with Crippen molar-refractivity contribution in [3.8, 4) is 0 Å². The van der Waals surface area contributed by atoms with Gasteiger partial charge in [0.2, 0.25) is 5.91 Å². The van der Waals surface area contributed by atoms with Gasteiger partial charge in [0.05, 0.1) is 5.56 Å². The zero-order valence-electron chi connectivity index (χ0n) is 13.1. The lowest BCUT2D eigenvalue weighted by Crippen LogP contribution is -2.21. The SMILES string of the molecule is CC(=O)NCCCc1nnc(Sc2ccc(C(F)(F)F)cn2)n1C. The molecular weight excluding hydrogens is 343 g/mol. The van der Waals surface area contributed by atoms with Gasteiger partial charge in [-0.1, -0.05) is 0 Å². The minimum absolute atomic E-state index is 0.0856. The largest absolute Gasteiger partial charge is 0.417 e. The van der Waals surface area contributed by atoms with Crippen LogP contribution in [0, 0.1) is 0 Å². The number of carbonyl (C=O) groups is 1. The van der Waals surface area contributed by atoms with E-state index in [0.717, 1.165) is 36.3 Å². The maximum absolute atomic E-state index is 12.5. The summed E-state index contributed by atoms with van der Waals surface area (Å²) in [6.45, 7) is 2.00. The minimum Gasteiger partial charge on any atom is -0.356 e. The van der Waals surface area contributed by atoms with Crippen LogP contribution in [0.4, 0.5) is 13.2 Å². The number of carbonyl (C=O) groups excluding carboxylic acids is 1. The summed E-state index contributed by atoms with van der Waals surface area (Å²) in [6.07, 6.45) is -2.26. The zero-order chi connectivity index (χ0) is 17.7. The molecule has 0 atom stereocenters. The van der Waals surface area contributed by atoms with E-state index in [2.05, 4.69) is 20.5 Å². The molecule has 1 N–H and O–H groups in total. The summed E-state index contributed by atoms with van der Waals surface area (Å²) < 4.78 is 39.3. The van der Waals surface area contributed by atoms with Gasteiger partial charge in [-0.3, -0.25) is 4.79 Å². The van der Waals surface area contributed by atoms with Crippen LogP contribution in [-0.4, -0.2) is 32.2 Å². The summed E-state index contributed by atoms with van der Waals surface area (Å²) in [6, 6.07) is 2.29. The number of aromatic nitrogens is 4. The summed E-state index contributed by atoms with van der Waals surface area (Å²) in [7, 11) is 1.78. The predicted octanol–water partition coefficient (Wildman–Crippen LogP) is 2.45. The number of amides is 1. The molecule has 2 aromatic heterocycles. The van der Waals surface area contributed by atoms with Gasteiger partial charge >= 0.3 is 6.18 Å². The highest BCUT2D eigenvalue weighted by Gasteiger charge is 2.30. The molecular formula is C14H16F3N5OS. The lowest BCUT2D eigenvalue weighted by Gasteiger charge is -2.07. The molecule has 24 heavy (non-hydrogen) atoms. The zero-order valence-corrected chi connectivity index (χ0v) is 13.9. The molecule has 0 aliphatic rings. The third-order valence-electron chi connectivity index (χ3n) is 3.14. The van der Waals surface area contributed by atoms with Crippen LogP contribution in [0.5, 0.6) is 0 Å². The molecule has 0 saturated heterocycles. The fourth-order valence-corrected chi connectivity index (χ4v) is 2.62. The highest BCUT2D eigenvalue weighted by atomic mass is 32.2. The predicted molar refractivity (Wildman–Crippen MR) is 81.4 cm³/mol. The Labute approximate surface area is 140 Å². The quantitative estimate of drug-likeness (QED) is 0.802. The summed E-state index contributed by atoms with van der Waals surface area (Å²) in [4.78, 5) is 14.6. The van der Waals surface area contributed by atoms with Gasteiger partial charge in [0.25, 0.3) is 0 Å². The molecule has 1 amide bonds. The average molecular weight is 359 g/mol. The summed E-state index contributed by atoms with van der Waals surface area (Å²) in [5.41, 5.74) is -0.788. The molecule has 0 aromatic carbocycles. The average Bonchev–Trinajstić information content (AvgIpc) is 2.84. The molecule has 2 rings (SSSR count). The van der Waals surface area contributed by atoms with Crippen LogP contribution in [0.15, 0.2) is 28.5 Å². The van der Waals surface area contributed by atoms with Gasteiger partial charge in [0.15, 0.2) is 5.16 Å². The Bertz CT molecular complexity index is 699. The van der Waals surface area contributed by atoms with Crippen molar-refractivity contribution >= 4 is 17.7 Å². The smallest absolute Gasteiger partial charge is 0.356 e. The maximum Gasteiger partial charge on any atom is 0.417 e. The van der Waals surface area contributed by atoms with E-state index in [0.29, 0.717) is 23.1 Å². The Kier molecular flexibility index (Phi) is 5.81. The van der Waals surface area contributed by atoms with Crippen molar-refractivity contribution in [2.45, 2.75) is 36.1 Å². The Balaban J connectivity index is 1.97. The van der Waals surface area contributed by atoms with Crippen LogP contribution >= 0.6 is 11.8 Å². The molecule has 130 valence electrons. The molecule has 0 radical (unpaired) electrons. The number of nitrogens with zero attached hydrogens (tertiary/aromatic N) is 4. The topological polar surface area (TPSA) is 72.7 Å². The number of alkyl halides is 3. The monoisotopic (exact) mass is 359 g/mol. The lowest BCUT2D eigenvalue weighted by atomic mass is 10.3. The Morgan fingerprint density at radius 2 is 2.08 bits per heavy atom. The third-order valence-corrected chi connectivity index (χ3v) is 4.12. The second-order valence-corrected chi connectivity index (χ2v) is 6.02. The molecule has 0 unspecified atom stereocenters. The van der Waals surface area contributed by atoms with E-state index in [9.17, 15) is 18.0 Å². The van der Waals surface area contributed by atoms with E-state index in [4.69, 9.17) is 0 Å². The van der Waals surface area contributed by atoms with Crippen LogP contribution in [0.1, 0.15) is 24.7 Å². The Morgan fingerprint density at radius 1 is 1.33 bits per heavy atom. The van der Waals surface area contributed by atoms with E-state index < -0.39 is 11.7 Å². The highest BCUT2D eigenvalue weighted by Crippen LogP contribution is 2.31. The van der Waals surface area contributed by atoms with Crippen molar-refractivity contribution in [3.63, 3.8) is 0 Å². The molecule has 10 heteroatoms. The molecule has 2 heterocycles. The molecule has 2 aromatic rings. The van der Waals surface area contributed by atoms with Crippen molar-refractivity contribution in [1.82, 2.24) is 25.1 Å². The van der Waals surface area contributed by atoms with Crippen molar-refractivity contribution in [1.29, 1.82) is 0 Å². The fourth-order valence-electron chi connectivity index (χ4n) is 1.86. The van der Waals surface area contributed by atoms with E-state index in [-0.39, 0.29) is 5.91 Å². The van der Waals surface area contributed by atoms with Gasteiger partial charge in [-0.25, -0.2) is 4.98 Å². The van der Waals surface area contributed by atoms with E-state index in [1.807, 2.05) is 0 Å². The first-order valence-corrected chi connectivity index (χ1v) is 7.93. The van der Waals surface area contributed by atoms with Crippen LogP contribution < -0.4 is 5.32 Å². The molecule has 0 aliphatic carbocycles. The summed E-state index contributed by atoms with van der Waals surface area (Å²) >= 11 is 1.14. The first kappa shape index (κ1) is 18.2. The van der Waals surface area contributed by atoms with Gasteiger partial charge in [0, 0.05) is 33.1 Å². The molecule has 0 aliphatic heterocycles. The molecule has 0 fully saturated rings. The van der Waals surface area contributed by atoms with Crippen molar-refractivity contribution in [2.24, 2.45) is 7.05 Å². The van der Waals surface area contributed by atoms with Crippen molar-refractivity contribution < 1.29 is 18.0 Å². The first-order valence-electron chi connectivity index (χ1n) is 7.11. The summed E-state index contributed by atoms with van der Waals surface area (Å²) in [5.74, 6) is 0.646. The standard InChI is InChI=1S/C14H16F3N5OS/c1-9(23)18-7-3-4-11-20-21-13(22(11)2)24-12-6-5-10(8-19-12)14(15,16)17/h5-6,8H,3-4,7H2,1-2H3,(H,18,23). The number of halogens is 3. The maximum atomic E-state index is 12.5. The van der Waals surface area contributed by atoms with Gasteiger partial charge in [-0.15, -0.1) is 10.2 Å². The van der Waals surface area contributed by atoms with E-state index in [1.165, 1.54) is 13.0 Å². The van der Waals surface area contributed by atoms with Crippen molar-refractivity contribution in [2.75, 3.05) is 6.54 Å². The molecule has 0 bridgehead atoms. The van der Waals surface area contributed by atoms with Gasteiger partial charge < -0.3 is 9.88 Å². The number of nitrogens with one attached hydrogen (secondary N) is 1. The van der Waals surface area contributed by atoms with Gasteiger partial charge in [0.1, 0.15) is 10.9 Å². The molecule has 0 saturated carbocycles. The number of hydrogen-bond donors (Lipinski definition) is 1. The fraction of sp³-hybridized carbons (Fsp3) is 0.429. The second kappa shape index (κ2) is 7.65. The lowest BCUT2D eigenvalue weighted by molar-refractivity contribution is -0.137. The second-order valence-electron chi connectivity index (χ2n) is 5.03. The first-order chi connectivity index (χ1) is 11.3. The Hall–Kier alpha value is -2.10. The number of hydrogen-bond acceptors (Lipinski definition) is 5. The van der Waals surface area contributed by atoms with Crippen molar-refractivity contribution in [3.05, 3.63) is 29.7 Å². The van der Waals surface area contributed by atoms with E-state index >= 15 is 0 Å². The highest BCUT2D eigenvalue weighted by molar-refractivity contribution is 7.99. The normalized spacial score (nSPS) is 11.5. The van der Waals surface area contributed by atoms with Crippen LogP contribution in [0.3, 0.4) is 0 Å². The number of rotatable bonds is 6. The summed E-state index contributed by atoms with van der Waals surface area (Å²) in [5, 5.41) is 11.7. The Morgan fingerprint density at radius 3 is 2.67 bits per heavy atom. The number of aryl methyl sites for hydroxylation is 1. The van der Waals surface area contributed by atoms with E-state index in [1.54, 1.807) is 11.6 Å². The van der Waals surface area contributed by atoms with Gasteiger partial charge in [-0.2, -0.15) is 13.2 Å². The third kappa shape index (κ3) is 4.95.